The molecule has 0 aliphatic rings. The van der Waals surface area contributed by atoms with E-state index in [-0.39, 0.29) is 5.02 Å². The third-order valence-electron chi connectivity index (χ3n) is 1.31. The Morgan fingerprint density at radius 3 is 2.25 bits per heavy atom. The second kappa shape index (κ2) is 4.99. The average Bonchev–Trinajstić information content (AvgIpc) is 2.05. The Balaban J connectivity index is 0.000000561. The third-order valence-corrected chi connectivity index (χ3v) is 1.60. The van der Waals surface area contributed by atoms with Crippen molar-refractivity contribution in [3.63, 3.8) is 0 Å². The van der Waals surface area contributed by atoms with Gasteiger partial charge in [0, 0.05) is 5.69 Å². The minimum atomic E-state index is -0.423. The molecule has 3 heteroatoms. The number of rotatable bonds is 0. The summed E-state index contributed by atoms with van der Waals surface area (Å²) in [7, 11) is 0. The normalized spacial score (nSPS) is 8.75. The van der Waals surface area contributed by atoms with Crippen LogP contribution in [0.5, 0.6) is 0 Å². The van der Waals surface area contributed by atoms with Crippen molar-refractivity contribution >= 4 is 17.3 Å². The van der Waals surface area contributed by atoms with Gasteiger partial charge in [-0.3, -0.25) is 0 Å². The largest absolute Gasteiger partial charge is 0.398 e. The van der Waals surface area contributed by atoms with Gasteiger partial charge in [-0.1, -0.05) is 25.4 Å². The minimum absolute atomic E-state index is 0.0723. The summed E-state index contributed by atoms with van der Waals surface area (Å²) in [5, 5.41) is 0.0723. The van der Waals surface area contributed by atoms with Gasteiger partial charge in [0.15, 0.2) is 0 Å². The Labute approximate surface area is 77.3 Å². The lowest BCUT2D eigenvalue weighted by Crippen LogP contribution is -1.90. The molecule has 1 aromatic carbocycles. The van der Waals surface area contributed by atoms with Crippen LogP contribution in [0.15, 0.2) is 12.1 Å². The predicted octanol–water partition coefficient (Wildman–Crippen LogP) is 3.40. The first-order valence-electron chi connectivity index (χ1n) is 3.82. The summed E-state index contributed by atoms with van der Waals surface area (Å²) in [4.78, 5) is 0. The van der Waals surface area contributed by atoms with E-state index in [0.29, 0.717) is 11.3 Å². The number of nitrogens with two attached hydrogens (primary N) is 1. The average molecular weight is 190 g/mol. The van der Waals surface area contributed by atoms with E-state index in [1.54, 1.807) is 6.92 Å². The van der Waals surface area contributed by atoms with E-state index in [1.807, 2.05) is 13.8 Å². The van der Waals surface area contributed by atoms with E-state index < -0.39 is 5.82 Å². The quantitative estimate of drug-likeness (QED) is 0.622. The van der Waals surface area contributed by atoms with Gasteiger partial charge in [0.25, 0.3) is 0 Å². The third kappa shape index (κ3) is 2.70. The lowest BCUT2D eigenvalue weighted by Gasteiger charge is -1.99. The topological polar surface area (TPSA) is 26.0 Å². The van der Waals surface area contributed by atoms with E-state index in [4.69, 9.17) is 17.3 Å². The summed E-state index contributed by atoms with van der Waals surface area (Å²) in [6.45, 7) is 5.73. The Morgan fingerprint density at radius 2 is 1.83 bits per heavy atom. The zero-order valence-corrected chi connectivity index (χ0v) is 8.24. The maximum Gasteiger partial charge on any atom is 0.142 e. The van der Waals surface area contributed by atoms with Crippen LogP contribution >= 0.6 is 11.6 Å². The highest BCUT2D eigenvalue weighted by molar-refractivity contribution is 6.31. The van der Waals surface area contributed by atoms with Crippen molar-refractivity contribution in [1.29, 1.82) is 0 Å². The minimum Gasteiger partial charge on any atom is -0.398 e. The van der Waals surface area contributed by atoms with Crippen LogP contribution in [0.3, 0.4) is 0 Å². The summed E-state index contributed by atoms with van der Waals surface area (Å²) in [5.41, 5.74) is 6.67. The van der Waals surface area contributed by atoms with E-state index in [2.05, 4.69) is 0 Å². The van der Waals surface area contributed by atoms with Gasteiger partial charge in [0.05, 0.1) is 5.02 Å². The highest BCUT2D eigenvalue weighted by Crippen LogP contribution is 2.20. The Bertz CT molecular complexity index is 211. The van der Waals surface area contributed by atoms with Gasteiger partial charge < -0.3 is 5.73 Å². The number of halogens is 2. The van der Waals surface area contributed by atoms with Crippen LogP contribution in [0.25, 0.3) is 0 Å². The standard InChI is InChI=1S/C7H7ClFN.C2H6/c1-4-2-6(9)5(8)3-7(4)10;1-2/h2-3H,10H2,1H3;1-2H3. The van der Waals surface area contributed by atoms with Crippen LogP contribution in [-0.4, -0.2) is 0 Å². The molecule has 0 unspecified atom stereocenters. The van der Waals surface area contributed by atoms with Gasteiger partial charge in [0.1, 0.15) is 5.82 Å². The van der Waals surface area contributed by atoms with Crippen molar-refractivity contribution in [1.82, 2.24) is 0 Å². The molecule has 0 spiro atoms. The first-order chi connectivity index (χ1) is 5.61. The number of hydrogen-bond acceptors (Lipinski definition) is 1. The van der Waals surface area contributed by atoms with Crippen molar-refractivity contribution in [2.45, 2.75) is 20.8 Å². The molecule has 1 nitrogen and oxygen atoms in total. The van der Waals surface area contributed by atoms with Crippen molar-refractivity contribution in [3.05, 3.63) is 28.5 Å². The van der Waals surface area contributed by atoms with Gasteiger partial charge in [-0.25, -0.2) is 4.39 Å². The molecule has 2 N–H and O–H groups in total. The van der Waals surface area contributed by atoms with Crippen molar-refractivity contribution in [2.75, 3.05) is 5.73 Å². The van der Waals surface area contributed by atoms with Crippen molar-refractivity contribution < 1.29 is 4.39 Å². The van der Waals surface area contributed by atoms with Crippen LogP contribution in [-0.2, 0) is 0 Å². The van der Waals surface area contributed by atoms with Gasteiger partial charge in [0.2, 0.25) is 0 Å². The molecule has 0 fully saturated rings. The van der Waals surface area contributed by atoms with Crippen LogP contribution in [0, 0.1) is 12.7 Å². The van der Waals surface area contributed by atoms with Crippen LogP contribution in [0.2, 0.25) is 5.02 Å². The van der Waals surface area contributed by atoms with Gasteiger partial charge in [-0.2, -0.15) is 0 Å². The maximum atomic E-state index is 12.6. The molecule has 1 rings (SSSR count). The Kier molecular flexibility index (Phi) is 4.67. The molecule has 0 heterocycles. The molecule has 68 valence electrons. The fourth-order valence-corrected chi connectivity index (χ4v) is 0.834. The molecule has 0 saturated carbocycles. The fraction of sp³-hybridized carbons (Fsp3) is 0.333. The number of nitrogen functional groups attached to an aromatic ring is 1. The molecular formula is C9H13ClFN. The van der Waals surface area contributed by atoms with E-state index in [9.17, 15) is 4.39 Å². The number of anilines is 1. The zero-order chi connectivity index (χ0) is 9.72. The van der Waals surface area contributed by atoms with Gasteiger partial charge in [-0.15, -0.1) is 0 Å². The first kappa shape index (κ1) is 11.2. The number of aryl methyl sites for hydroxylation is 1. The lowest BCUT2D eigenvalue weighted by atomic mass is 10.2. The summed E-state index contributed by atoms with van der Waals surface area (Å²) < 4.78 is 12.6. The van der Waals surface area contributed by atoms with E-state index in [1.165, 1.54) is 12.1 Å². The second-order valence-corrected chi connectivity index (χ2v) is 2.53. The van der Waals surface area contributed by atoms with Gasteiger partial charge in [-0.05, 0) is 24.6 Å². The number of hydrogen-bond donors (Lipinski definition) is 1. The Morgan fingerprint density at radius 1 is 1.33 bits per heavy atom. The first-order valence-corrected chi connectivity index (χ1v) is 4.20. The van der Waals surface area contributed by atoms with Gasteiger partial charge >= 0.3 is 0 Å². The molecule has 0 aliphatic carbocycles. The zero-order valence-electron chi connectivity index (χ0n) is 7.49. The smallest absolute Gasteiger partial charge is 0.142 e. The molecule has 0 bridgehead atoms. The highest BCUT2D eigenvalue weighted by Gasteiger charge is 2.01. The van der Waals surface area contributed by atoms with Crippen molar-refractivity contribution in [3.8, 4) is 0 Å². The summed E-state index contributed by atoms with van der Waals surface area (Å²) in [5.74, 6) is -0.423. The van der Waals surface area contributed by atoms with Crippen molar-refractivity contribution in [2.24, 2.45) is 0 Å². The summed E-state index contributed by atoms with van der Waals surface area (Å²) in [6.07, 6.45) is 0. The molecule has 0 aliphatic heterocycles. The molecule has 0 aromatic heterocycles. The maximum absolute atomic E-state index is 12.6. The molecule has 1 aromatic rings. The SMILES string of the molecule is CC.Cc1cc(F)c(Cl)cc1N. The molecular weight excluding hydrogens is 177 g/mol. The monoisotopic (exact) mass is 189 g/mol. The predicted molar refractivity (Wildman–Crippen MR) is 51.9 cm³/mol. The summed E-state index contributed by atoms with van der Waals surface area (Å²) in [6, 6.07) is 2.73. The van der Waals surface area contributed by atoms with Crippen LogP contribution in [0.4, 0.5) is 10.1 Å². The molecule has 0 amide bonds. The second-order valence-electron chi connectivity index (χ2n) is 2.12. The van der Waals surface area contributed by atoms with Crippen LogP contribution < -0.4 is 5.73 Å². The molecule has 0 atom stereocenters. The molecule has 0 saturated heterocycles. The van der Waals surface area contributed by atoms with E-state index in [0.717, 1.165) is 0 Å². The number of benzene rings is 1. The van der Waals surface area contributed by atoms with Crippen LogP contribution in [0.1, 0.15) is 19.4 Å². The lowest BCUT2D eigenvalue weighted by molar-refractivity contribution is 0.627. The fourth-order valence-electron chi connectivity index (χ4n) is 0.662. The Hall–Kier alpha value is -0.760. The molecule has 0 radical (unpaired) electrons. The van der Waals surface area contributed by atoms with E-state index >= 15 is 0 Å². The highest BCUT2D eigenvalue weighted by atomic mass is 35.5. The molecule has 12 heavy (non-hydrogen) atoms. The summed E-state index contributed by atoms with van der Waals surface area (Å²) >= 11 is 5.43.